The van der Waals surface area contributed by atoms with Crippen LogP contribution in [0.5, 0.6) is 11.5 Å². The van der Waals surface area contributed by atoms with E-state index >= 15 is 0 Å². The highest BCUT2D eigenvalue weighted by Gasteiger charge is 2.37. The van der Waals surface area contributed by atoms with Gasteiger partial charge in [-0.3, -0.25) is 25.0 Å². The van der Waals surface area contributed by atoms with Crippen molar-refractivity contribution in [3.63, 3.8) is 0 Å². The van der Waals surface area contributed by atoms with Crippen LogP contribution in [0.1, 0.15) is 12.5 Å². The lowest BCUT2D eigenvalue weighted by atomic mass is 10.1. The molecule has 2 aromatic rings. The highest BCUT2D eigenvalue weighted by molar-refractivity contribution is 6.39. The van der Waals surface area contributed by atoms with E-state index in [0.29, 0.717) is 10.5 Å². The molecule has 2 aromatic carbocycles. The number of amides is 4. The Balaban J connectivity index is 1.94. The van der Waals surface area contributed by atoms with Gasteiger partial charge < -0.3 is 14.6 Å². The van der Waals surface area contributed by atoms with Gasteiger partial charge in [-0.05, 0) is 42.8 Å². The molecule has 0 unspecified atom stereocenters. The number of benzene rings is 2. The van der Waals surface area contributed by atoms with Crippen molar-refractivity contribution in [2.24, 2.45) is 0 Å². The summed E-state index contributed by atoms with van der Waals surface area (Å²) in [4.78, 5) is 59.2. The molecule has 1 aliphatic heterocycles. The maximum absolute atomic E-state index is 12.9. The minimum Gasteiger partial charge on any atom is -0.490 e. The molecule has 0 spiro atoms. The minimum absolute atomic E-state index is 0.0360. The number of nitrogens with zero attached hydrogens (tertiary/aromatic N) is 2. The lowest BCUT2D eigenvalue weighted by Gasteiger charge is -2.26. The van der Waals surface area contributed by atoms with Crippen LogP contribution in [0.15, 0.2) is 48.0 Å². The Morgan fingerprint density at radius 1 is 1.12 bits per heavy atom. The van der Waals surface area contributed by atoms with Crippen LogP contribution >= 0.6 is 0 Å². The molecule has 1 saturated heterocycles. The number of barbiturate groups is 1. The lowest BCUT2D eigenvalue weighted by Crippen LogP contribution is -2.54. The van der Waals surface area contributed by atoms with Gasteiger partial charge in [-0.2, -0.15) is 0 Å². The van der Waals surface area contributed by atoms with Gasteiger partial charge in [-0.1, -0.05) is 6.07 Å². The zero-order valence-electron chi connectivity index (χ0n) is 17.1. The van der Waals surface area contributed by atoms with E-state index in [4.69, 9.17) is 14.6 Å². The van der Waals surface area contributed by atoms with Gasteiger partial charge in [0.1, 0.15) is 5.57 Å². The molecule has 12 nitrogen and oxygen atoms in total. The first-order valence-electron chi connectivity index (χ1n) is 9.48. The second-order valence-electron chi connectivity index (χ2n) is 6.55. The Morgan fingerprint density at radius 3 is 2.42 bits per heavy atom. The third-order valence-corrected chi connectivity index (χ3v) is 4.35. The number of carboxylic acids is 1. The monoisotopic (exact) mass is 455 g/mol. The van der Waals surface area contributed by atoms with E-state index in [-0.39, 0.29) is 35.1 Å². The van der Waals surface area contributed by atoms with Crippen molar-refractivity contribution in [1.82, 2.24) is 5.32 Å². The predicted octanol–water partition coefficient (Wildman–Crippen LogP) is 2.12. The molecule has 1 fully saturated rings. The molecule has 12 heteroatoms. The summed E-state index contributed by atoms with van der Waals surface area (Å²) < 4.78 is 10.6. The summed E-state index contributed by atoms with van der Waals surface area (Å²) in [6.07, 6.45) is 1.23. The number of anilines is 1. The predicted molar refractivity (Wildman–Crippen MR) is 113 cm³/mol. The zero-order valence-corrected chi connectivity index (χ0v) is 17.1. The minimum atomic E-state index is -1.18. The van der Waals surface area contributed by atoms with E-state index in [1.807, 2.05) is 0 Å². The smallest absolute Gasteiger partial charge is 0.341 e. The maximum atomic E-state index is 12.9. The third kappa shape index (κ3) is 5.12. The topological polar surface area (TPSA) is 165 Å². The first-order valence-corrected chi connectivity index (χ1v) is 9.48. The average molecular weight is 455 g/mol. The summed E-state index contributed by atoms with van der Waals surface area (Å²) in [6.45, 7) is 1.36. The number of nitro benzene ring substituents is 1. The number of carbonyl (C=O) groups is 4. The molecule has 4 amide bonds. The van der Waals surface area contributed by atoms with Gasteiger partial charge in [-0.25, -0.2) is 14.5 Å². The van der Waals surface area contributed by atoms with Crippen molar-refractivity contribution in [2.75, 3.05) is 18.1 Å². The molecule has 0 atom stereocenters. The van der Waals surface area contributed by atoms with Gasteiger partial charge >= 0.3 is 12.0 Å². The standard InChI is InChI=1S/C21H17N3O9/c1-2-32-17-10-12(3-8-16(17)33-11-18(25)26)9-15-19(27)22-21(29)23(20(15)28)13-4-6-14(7-5-13)24(30)31/h3-10H,2,11H2,1H3,(H,25,26)(H,22,27,29). The molecule has 0 bridgehead atoms. The van der Waals surface area contributed by atoms with Crippen LogP contribution < -0.4 is 19.7 Å². The molecule has 33 heavy (non-hydrogen) atoms. The van der Waals surface area contributed by atoms with E-state index in [1.54, 1.807) is 6.92 Å². The van der Waals surface area contributed by atoms with Crippen molar-refractivity contribution in [1.29, 1.82) is 0 Å². The number of hydrogen-bond donors (Lipinski definition) is 2. The second-order valence-corrected chi connectivity index (χ2v) is 6.55. The Morgan fingerprint density at radius 2 is 1.82 bits per heavy atom. The Hall–Kier alpha value is -4.74. The Labute approximate surface area is 186 Å². The summed E-state index contributed by atoms with van der Waals surface area (Å²) in [5, 5.41) is 21.7. The summed E-state index contributed by atoms with van der Waals surface area (Å²) in [6, 6.07) is 8.02. The van der Waals surface area contributed by atoms with Crippen LogP contribution in [-0.4, -0.2) is 47.1 Å². The largest absolute Gasteiger partial charge is 0.490 e. The quantitative estimate of drug-likeness (QED) is 0.262. The van der Waals surface area contributed by atoms with Gasteiger partial charge in [0.15, 0.2) is 18.1 Å². The molecule has 0 aromatic heterocycles. The number of nitrogens with one attached hydrogen (secondary N) is 1. The van der Waals surface area contributed by atoms with E-state index in [9.17, 15) is 29.3 Å². The SMILES string of the molecule is CCOc1cc(C=C2C(=O)NC(=O)N(c3ccc([N+](=O)[O-])cc3)C2=O)ccc1OCC(=O)O. The molecule has 170 valence electrons. The summed E-state index contributed by atoms with van der Waals surface area (Å²) in [5.41, 5.74) is -0.217. The van der Waals surface area contributed by atoms with E-state index in [2.05, 4.69) is 5.32 Å². The van der Waals surface area contributed by atoms with Gasteiger partial charge in [-0.15, -0.1) is 0 Å². The number of non-ortho nitro benzene ring substituents is 1. The first-order chi connectivity index (χ1) is 15.7. The van der Waals surface area contributed by atoms with Crippen LogP contribution in [0.25, 0.3) is 6.08 Å². The number of carboxylic acid groups (broad SMARTS) is 1. The molecular formula is C21H17N3O9. The number of carbonyl (C=O) groups excluding carboxylic acids is 3. The number of urea groups is 1. The first kappa shape index (κ1) is 22.9. The van der Waals surface area contributed by atoms with Crippen LogP contribution in [-0.2, 0) is 14.4 Å². The van der Waals surface area contributed by atoms with Gasteiger partial charge in [0.2, 0.25) is 0 Å². The number of rotatable bonds is 8. The summed E-state index contributed by atoms with van der Waals surface area (Å²) in [7, 11) is 0. The highest BCUT2D eigenvalue weighted by atomic mass is 16.6. The molecule has 0 aliphatic carbocycles. The number of hydrogen-bond acceptors (Lipinski definition) is 8. The fraction of sp³-hybridized carbons (Fsp3) is 0.143. The lowest BCUT2D eigenvalue weighted by molar-refractivity contribution is -0.384. The summed E-state index contributed by atoms with van der Waals surface area (Å²) in [5.74, 6) is -2.68. The maximum Gasteiger partial charge on any atom is 0.341 e. The highest BCUT2D eigenvalue weighted by Crippen LogP contribution is 2.30. The van der Waals surface area contributed by atoms with Crippen LogP contribution in [0.4, 0.5) is 16.2 Å². The van der Waals surface area contributed by atoms with Crippen LogP contribution in [0.2, 0.25) is 0 Å². The normalized spacial score (nSPS) is 14.8. The number of nitro groups is 1. The molecule has 2 N–H and O–H groups in total. The third-order valence-electron chi connectivity index (χ3n) is 4.35. The van der Waals surface area contributed by atoms with E-state index in [1.165, 1.54) is 36.4 Å². The molecule has 1 aliphatic rings. The van der Waals surface area contributed by atoms with Crippen molar-refractivity contribution >= 4 is 41.3 Å². The fourth-order valence-electron chi connectivity index (χ4n) is 2.92. The fourth-order valence-corrected chi connectivity index (χ4v) is 2.92. The molecular weight excluding hydrogens is 438 g/mol. The van der Waals surface area contributed by atoms with Crippen LogP contribution in [0.3, 0.4) is 0 Å². The van der Waals surface area contributed by atoms with Crippen LogP contribution in [0, 0.1) is 10.1 Å². The summed E-state index contributed by atoms with van der Waals surface area (Å²) >= 11 is 0. The number of ether oxygens (including phenoxy) is 2. The van der Waals surface area contributed by atoms with E-state index in [0.717, 1.165) is 12.1 Å². The number of aliphatic carboxylic acids is 1. The van der Waals surface area contributed by atoms with Gasteiger partial charge in [0.05, 0.1) is 17.2 Å². The number of imide groups is 2. The van der Waals surface area contributed by atoms with Gasteiger partial charge in [0.25, 0.3) is 17.5 Å². The molecule has 1 heterocycles. The van der Waals surface area contributed by atoms with Crippen molar-refractivity contribution in [2.45, 2.75) is 6.92 Å². The van der Waals surface area contributed by atoms with E-state index < -0.39 is 35.3 Å². The van der Waals surface area contributed by atoms with Gasteiger partial charge in [0, 0.05) is 12.1 Å². The molecule has 0 radical (unpaired) electrons. The molecule has 0 saturated carbocycles. The Kier molecular flexibility index (Phi) is 6.67. The Bertz CT molecular complexity index is 1170. The van der Waals surface area contributed by atoms with Crippen molar-refractivity contribution in [3.05, 3.63) is 63.7 Å². The average Bonchev–Trinajstić information content (AvgIpc) is 2.76. The zero-order chi connectivity index (χ0) is 24.1. The van der Waals surface area contributed by atoms with Crippen molar-refractivity contribution < 1.29 is 38.7 Å². The van der Waals surface area contributed by atoms with Crippen molar-refractivity contribution in [3.8, 4) is 11.5 Å². The molecule has 3 rings (SSSR count). The second kappa shape index (κ2) is 9.60.